The van der Waals surface area contributed by atoms with E-state index in [-0.39, 0.29) is 11.7 Å². The van der Waals surface area contributed by atoms with Gasteiger partial charge in [0.15, 0.2) is 0 Å². The van der Waals surface area contributed by atoms with Gasteiger partial charge in [-0.15, -0.1) is 0 Å². The van der Waals surface area contributed by atoms with E-state index in [2.05, 4.69) is 42.4 Å². The van der Waals surface area contributed by atoms with Gasteiger partial charge in [0.25, 0.3) is 5.91 Å². The molecule has 0 fully saturated rings. The average Bonchev–Trinajstić information content (AvgIpc) is 2.43. The van der Waals surface area contributed by atoms with E-state index in [4.69, 9.17) is 0 Å². The first-order chi connectivity index (χ1) is 9.97. The Labute approximate surface area is 139 Å². The van der Waals surface area contributed by atoms with Gasteiger partial charge in [-0.05, 0) is 58.7 Å². The molecule has 108 valence electrons. The SMILES string of the molecule is Cc1cc(Br)c(O)c(/C=N/NC(=O)c2cccc(Br)c2)c1. The Hall–Kier alpha value is -1.66. The maximum Gasteiger partial charge on any atom is 0.271 e. The van der Waals surface area contributed by atoms with Crippen molar-refractivity contribution in [2.45, 2.75) is 6.92 Å². The van der Waals surface area contributed by atoms with Gasteiger partial charge in [-0.25, -0.2) is 5.43 Å². The first-order valence-electron chi connectivity index (χ1n) is 6.05. The Morgan fingerprint density at radius 3 is 2.76 bits per heavy atom. The minimum absolute atomic E-state index is 0.0843. The fourth-order valence-electron chi connectivity index (χ4n) is 1.71. The lowest BCUT2D eigenvalue weighted by molar-refractivity contribution is 0.0955. The zero-order valence-corrected chi connectivity index (χ0v) is 14.3. The summed E-state index contributed by atoms with van der Waals surface area (Å²) in [6.07, 6.45) is 1.41. The minimum atomic E-state index is -0.321. The summed E-state index contributed by atoms with van der Waals surface area (Å²) in [5.74, 6) is -0.236. The Kier molecular flexibility index (Phi) is 5.14. The number of benzene rings is 2. The molecule has 0 aliphatic carbocycles. The van der Waals surface area contributed by atoms with Crippen LogP contribution < -0.4 is 5.43 Å². The number of hydrogen-bond donors (Lipinski definition) is 2. The van der Waals surface area contributed by atoms with Gasteiger partial charge in [0.2, 0.25) is 0 Å². The average molecular weight is 412 g/mol. The van der Waals surface area contributed by atoms with Crippen molar-refractivity contribution in [2.24, 2.45) is 5.10 Å². The number of aromatic hydroxyl groups is 1. The number of nitrogens with one attached hydrogen (secondary N) is 1. The summed E-state index contributed by atoms with van der Waals surface area (Å²) in [5.41, 5.74) is 4.42. The highest BCUT2D eigenvalue weighted by Crippen LogP contribution is 2.28. The molecule has 21 heavy (non-hydrogen) atoms. The van der Waals surface area contributed by atoms with Crippen LogP contribution >= 0.6 is 31.9 Å². The molecule has 2 rings (SSSR count). The van der Waals surface area contributed by atoms with E-state index < -0.39 is 0 Å². The molecule has 0 bridgehead atoms. The minimum Gasteiger partial charge on any atom is -0.506 e. The van der Waals surface area contributed by atoms with Crippen molar-refractivity contribution in [3.05, 3.63) is 62.0 Å². The number of phenols is 1. The van der Waals surface area contributed by atoms with E-state index in [1.165, 1.54) is 6.21 Å². The predicted molar refractivity (Wildman–Crippen MR) is 89.7 cm³/mol. The number of carbonyl (C=O) groups is 1. The summed E-state index contributed by atoms with van der Waals surface area (Å²) < 4.78 is 1.40. The first kappa shape index (κ1) is 15.7. The normalized spacial score (nSPS) is 10.8. The van der Waals surface area contributed by atoms with Crippen LogP contribution in [0.2, 0.25) is 0 Å². The number of amides is 1. The van der Waals surface area contributed by atoms with Crippen LogP contribution in [-0.4, -0.2) is 17.2 Å². The highest BCUT2D eigenvalue weighted by atomic mass is 79.9. The third-order valence-electron chi connectivity index (χ3n) is 2.69. The van der Waals surface area contributed by atoms with E-state index in [0.717, 1.165) is 10.0 Å². The fourth-order valence-corrected chi connectivity index (χ4v) is 2.70. The summed E-state index contributed by atoms with van der Waals surface area (Å²) in [5, 5.41) is 13.8. The number of carbonyl (C=O) groups excluding carboxylic acids is 1. The lowest BCUT2D eigenvalue weighted by Crippen LogP contribution is -2.17. The molecule has 6 heteroatoms. The van der Waals surface area contributed by atoms with Crippen LogP contribution in [-0.2, 0) is 0 Å². The Bertz CT molecular complexity index is 715. The molecule has 0 saturated heterocycles. The van der Waals surface area contributed by atoms with Crippen LogP contribution in [0.25, 0.3) is 0 Å². The van der Waals surface area contributed by atoms with E-state index in [1.54, 1.807) is 30.3 Å². The number of hydrazone groups is 1. The summed E-state index contributed by atoms with van der Waals surface area (Å²) in [6, 6.07) is 10.6. The van der Waals surface area contributed by atoms with Crippen molar-refractivity contribution in [3.63, 3.8) is 0 Å². The quantitative estimate of drug-likeness (QED) is 0.592. The molecule has 4 nitrogen and oxygen atoms in total. The van der Waals surface area contributed by atoms with E-state index in [0.29, 0.717) is 15.6 Å². The van der Waals surface area contributed by atoms with Gasteiger partial charge in [-0.1, -0.05) is 22.0 Å². The van der Waals surface area contributed by atoms with E-state index >= 15 is 0 Å². The summed E-state index contributed by atoms with van der Waals surface area (Å²) in [6.45, 7) is 1.90. The maximum absolute atomic E-state index is 11.9. The molecule has 0 saturated carbocycles. The van der Waals surface area contributed by atoms with Gasteiger partial charge < -0.3 is 5.11 Å². The van der Waals surface area contributed by atoms with Gasteiger partial charge in [0.05, 0.1) is 10.7 Å². The highest BCUT2D eigenvalue weighted by Gasteiger charge is 2.06. The second-order valence-electron chi connectivity index (χ2n) is 4.39. The number of halogens is 2. The number of rotatable bonds is 3. The predicted octanol–water partition coefficient (Wildman–Crippen LogP) is 3.99. The second kappa shape index (κ2) is 6.87. The van der Waals surface area contributed by atoms with E-state index in [1.807, 2.05) is 13.0 Å². The van der Waals surface area contributed by atoms with Crippen molar-refractivity contribution in [2.75, 3.05) is 0 Å². The Balaban J connectivity index is 2.11. The van der Waals surface area contributed by atoms with Crippen LogP contribution in [0.4, 0.5) is 0 Å². The zero-order chi connectivity index (χ0) is 15.4. The molecule has 0 heterocycles. The van der Waals surface area contributed by atoms with Crippen LogP contribution in [0, 0.1) is 6.92 Å². The molecule has 0 aliphatic rings. The highest BCUT2D eigenvalue weighted by molar-refractivity contribution is 9.10. The molecule has 0 spiro atoms. The van der Waals surface area contributed by atoms with Gasteiger partial charge in [0, 0.05) is 15.6 Å². The molecule has 0 aromatic heterocycles. The van der Waals surface area contributed by atoms with Crippen LogP contribution in [0.3, 0.4) is 0 Å². The largest absolute Gasteiger partial charge is 0.506 e. The lowest BCUT2D eigenvalue weighted by atomic mass is 10.1. The number of aryl methyl sites for hydroxylation is 1. The maximum atomic E-state index is 11.9. The van der Waals surface area contributed by atoms with Crippen molar-refractivity contribution in [3.8, 4) is 5.75 Å². The number of phenolic OH excluding ortho intramolecular Hbond substituents is 1. The fraction of sp³-hybridized carbons (Fsp3) is 0.0667. The smallest absolute Gasteiger partial charge is 0.271 e. The summed E-state index contributed by atoms with van der Waals surface area (Å²) in [4.78, 5) is 11.9. The van der Waals surface area contributed by atoms with Crippen LogP contribution in [0.5, 0.6) is 5.75 Å². The standard InChI is InChI=1S/C15H12Br2N2O2/c1-9-5-11(14(20)13(17)6-9)8-18-19-15(21)10-3-2-4-12(16)7-10/h2-8,20H,1H3,(H,19,21)/b18-8+. The number of nitrogens with zero attached hydrogens (tertiary/aromatic N) is 1. The van der Waals surface area contributed by atoms with Crippen LogP contribution in [0.1, 0.15) is 21.5 Å². The summed E-state index contributed by atoms with van der Waals surface area (Å²) >= 11 is 6.56. The molecule has 1 amide bonds. The van der Waals surface area contributed by atoms with E-state index in [9.17, 15) is 9.90 Å². The Morgan fingerprint density at radius 1 is 1.29 bits per heavy atom. The molecule has 0 atom stereocenters. The summed E-state index contributed by atoms with van der Waals surface area (Å²) in [7, 11) is 0. The zero-order valence-electron chi connectivity index (χ0n) is 11.1. The van der Waals surface area contributed by atoms with Gasteiger partial charge in [0.1, 0.15) is 5.75 Å². The molecular weight excluding hydrogens is 400 g/mol. The molecule has 0 aliphatic heterocycles. The lowest BCUT2D eigenvalue weighted by Gasteiger charge is -2.04. The molecule has 2 aromatic rings. The van der Waals surface area contributed by atoms with Gasteiger partial charge in [-0.3, -0.25) is 4.79 Å². The van der Waals surface area contributed by atoms with Gasteiger partial charge >= 0.3 is 0 Å². The second-order valence-corrected chi connectivity index (χ2v) is 6.16. The third-order valence-corrected chi connectivity index (χ3v) is 3.79. The molecule has 2 N–H and O–H groups in total. The van der Waals surface area contributed by atoms with Crippen molar-refractivity contribution in [1.82, 2.24) is 5.43 Å². The topological polar surface area (TPSA) is 61.7 Å². The van der Waals surface area contributed by atoms with Crippen molar-refractivity contribution < 1.29 is 9.90 Å². The number of hydrogen-bond acceptors (Lipinski definition) is 3. The molecule has 0 radical (unpaired) electrons. The van der Waals surface area contributed by atoms with Crippen molar-refractivity contribution in [1.29, 1.82) is 0 Å². The van der Waals surface area contributed by atoms with Gasteiger partial charge in [-0.2, -0.15) is 5.10 Å². The van der Waals surface area contributed by atoms with Crippen molar-refractivity contribution >= 4 is 44.0 Å². The molecule has 0 unspecified atom stereocenters. The first-order valence-corrected chi connectivity index (χ1v) is 7.64. The molecular formula is C15H12Br2N2O2. The third kappa shape index (κ3) is 4.15. The van der Waals surface area contributed by atoms with Crippen LogP contribution in [0.15, 0.2) is 50.4 Å². The monoisotopic (exact) mass is 410 g/mol. The Morgan fingerprint density at radius 2 is 2.05 bits per heavy atom. The molecule has 2 aromatic carbocycles.